The van der Waals surface area contributed by atoms with Gasteiger partial charge in [-0.05, 0) is 59.0 Å². The summed E-state index contributed by atoms with van der Waals surface area (Å²) >= 11 is 1.72. The van der Waals surface area contributed by atoms with Crippen LogP contribution in [-0.2, 0) is 6.18 Å². The predicted molar refractivity (Wildman–Crippen MR) is 83.2 cm³/mol. The third kappa shape index (κ3) is 3.98. The van der Waals surface area contributed by atoms with Crippen LogP contribution in [0.15, 0.2) is 36.4 Å². The maximum atomic E-state index is 13.8. The van der Waals surface area contributed by atoms with E-state index in [9.17, 15) is 22.4 Å². The van der Waals surface area contributed by atoms with Crippen molar-refractivity contribution in [2.45, 2.75) is 6.18 Å². The second-order valence-corrected chi connectivity index (χ2v) is 5.69. The minimum Gasteiger partial charge on any atom is -0.321 e. The molecule has 0 unspecified atom stereocenters. The number of nitriles is 1. The number of hydrogen-bond acceptors (Lipinski definition) is 2. The van der Waals surface area contributed by atoms with Crippen molar-refractivity contribution < 1.29 is 22.4 Å². The first kappa shape index (κ1) is 17.2. The van der Waals surface area contributed by atoms with Crippen molar-refractivity contribution in [1.82, 2.24) is 0 Å². The molecule has 0 saturated carbocycles. The number of alkyl halides is 3. The first-order chi connectivity index (χ1) is 10.7. The average molecular weight is 434 g/mol. The van der Waals surface area contributed by atoms with E-state index >= 15 is 0 Å². The van der Waals surface area contributed by atoms with E-state index in [1.165, 1.54) is 12.1 Å². The van der Waals surface area contributed by atoms with Gasteiger partial charge >= 0.3 is 6.18 Å². The number of nitrogens with zero attached hydrogens (tertiary/aromatic N) is 1. The Balaban J connectivity index is 2.37. The topological polar surface area (TPSA) is 52.9 Å². The third-order valence-corrected chi connectivity index (χ3v) is 3.55. The molecule has 118 valence electrons. The molecule has 0 aliphatic rings. The Morgan fingerprint density at radius 1 is 1.17 bits per heavy atom. The number of benzene rings is 2. The van der Waals surface area contributed by atoms with E-state index in [1.54, 1.807) is 28.7 Å². The molecule has 0 aliphatic carbocycles. The highest BCUT2D eigenvalue weighted by atomic mass is 127. The van der Waals surface area contributed by atoms with Crippen LogP contribution in [0.2, 0.25) is 0 Å². The molecule has 0 bridgehead atoms. The first-order valence-corrected chi connectivity index (χ1v) is 7.18. The van der Waals surface area contributed by atoms with Crippen LogP contribution in [0.25, 0.3) is 0 Å². The molecular weight excluding hydrogens is 427 g/mol. The van der Waals surface area contributed by atoms with Gasteiger partial charge in [0.1, 0.15) is 5.82 Å². The van der Waals surface area contributed by atoms with Gasteiger partial charge in [0.15, 0.2) is 0 Å². The minimum atomic E-state index is -4.66. The summed E-state index contributed by atoms with van der Waals surface area (Å²) in [5.41, 5.74) is -1.93. The van der Waals surface area contributed by atoms with Crippen LogP contribution in [0.5, 0.6) is 0 Å². The molecule has 1 amide bonds. The van der Waals surface area contributed by atoms with E-state index in [-0.39, 0.29) is 5.56 Å². The van der Waals surface area contributed by atoms with Gasteiger partial charge in [0.25, 0.3) is 5.91 Å². The zero-order chi connectivity index (χ0) is 17.2. The van der Waals surface area contributed by atoms with Crippen LogP contribution < -0.4 is 5.32 Å². The lowest BCUT2D eigenvalue weighted by Crippen LogP contribution is -2.18. The lowest BCUT2D eigenvalue weighted by atomic mass is 10.1. The van der Waals surface area contributed by atoms with E-state index in [4.69, 9.17) is 5.26 Å². The molecule has 0 heterocycles. The molecule has 0 fully saturated rings. The van der Waals surface area contributed by atoms with Gasteiger partial charge in [-0.2, -0.15) is 18.4 Å². The van der Waals surface area contributed by atoms with Crippen molar-refractivity contribution in [2.24, 2.45) is 0 Å². The molecule has 0 aliphatic heterocycles. The van der Waals surface area contributed by atoms with Gasteiger partial charge in [0.2, 0.25) is 0 Å². The molecule has 0 spiro atoms. The molecule has 2 aromatic rings. The van der Waals surface area contributed by atoms with E-state index in [0.717, 1.165) is 24.3 Å². The van der Waals surface area contributed by atoms with Crippen molar-refractivity contribution in [1.29, 1.82) is 5.26 Å². The van der Waals surface area contributed by atoms with Crippen LogP contribution in [-0.4, -0.2) is 5.91 Å². The molecule has 3 nitrogen and oxygen atoms in total. The van der Waals surface area contributed by atoms with Gasteiger partial charge in [-0.1, -0.05) is 0 Å². The first-order valence-electron chi connectivity index (χ1n) is 6.10. The summed E-state index contributed by atoms with van der Waals surface area (Å²) in [7, 11) is 0. The molecule has 1 N–H and O–H groups in total. The van der Waals surface area contributed by atoms with Crippen molar-refractivity contribution in [2.75, 3.05) is 5.32 Å². The lowest BCUT2D eigenvalue weighted by Gasteiger charge is -2.14. The van der Waals surface area contributed by atoms with Gasteiger partial charge in [-0.3, -0.25) is 4.79 Å². The van der Waals surface area contributed by atoms with Gasteiger partial charge < -0.3 is 5.32 Å². The van der Waals surface area contributed by atoms with Crippen LogP contribution >= 0.6 is 22.6 Å². The molecule has 2 aromatic carbocycles. The van der Waals surface area contributed by atoms with Crippen LogP contribution in [0.3, 0.4) is 0 Å². The number of hydrogen-bond donors (Lipinski definition) is 1. The smallest absolute Gasteiger partial charge is 0.321 e. The maximum absolute atomic E-state index is 13.8. The Kier molecular flexibility index (Phi) is 4.89. The summed E-state index contributed by atoms with van der Waals surface area (Å²) < 4.78 is 53.1. The molecule has 8 heteroatoms. The fraction of sp³-hybridized carbons (Fsp3) is 0.0667. The normalized spacial score (nSPS) is 11.0. The second kappa shape index (κ2) is 6.54. The number of nitrogens with one attached hydrogen (secondary N) is 1. The van der Waals surface area contributed by atoms with Crippen molar-refractivity contribution in [3.05, 3.63) is 62.5 Å². The Hall–Kier alpha value is -2.15. The summed E-state index contributed by atoms with van der Waals surface area (Å²) in [6.45, 7) is 0. The zero-order valence-corrected chi connectivity index (χ0v) is 13.4. The van der Waals surface area contributed by atoms with E-state index in [0.29, 0.717) is 3.57 Å². The van der Waals surface area contributed by atoms with Crippen molar-refractivity contribution in [3.63, 3.8) is 0 Å². The molecule has 23 heavy (non-hydrogen) atoms. The zero-order valence-electron chi connectivity index (χ0n) is 11.2. The third-order valence-electron chi connectivity index (χ3n) is 2.88. The summed E-state index contributed by atoms with van der Waals surface area (Å²) in [6, 6.07) is 8.16. The quantitative estimate of drug-likeness (QED) is 0.556. The number of rotatable bonds is 2. The average Bonchev–Trinajstić information content (AvgIpc) is 2.47. The van der Waals surface area contributed by atoms with Gasteiger partial charge in [0.05, 0.1) is 28.4 Å². The van der Waals surface area contributed by atoms with E-state index < -0.39 is 34.7 Å². The summed E-state index contributed by atoms with van der Waals surface area (Å²) in [5.74, 6) is -2.01. The number of carbonyl (C=O) groups is 1. The molecule has 0 aromatic heterocycles. The fourth-order valence-electron chi connectivity index (χ4n) is 1.82. The molecule has 0 radical (unpaired) electrons. The fourth-order valence-corrected chi connectivity index (χ4v) is 2.31. The Morgan fingerprint density at radius 2 is 1.87 bits per heavy atom. The molecule has 2 rings (SSSR count). The molecule has 0 atom stereocenters. The second-order valence-electron chi connectivity index (χ2n) is 4.45. The molecule has 0 saturated heterocycles. The Labute approximate surface area is 142 Å². The van der Waals surface area contributed by atoms with Gasteiger partial charge in [0, 0.05) is 3.57 Å². The van der Waals surface area contributed by atoms with Crippen LogP contribution in [0.4, 0.5) is 23.2 Å². The highest BCUT2D eigenvalue weighted by Gasteiger charge is 2.34. The standard InChI is InChI=1S/C15H7F4IN2O/c16-12-5-8(7-21)1-3-10(12)14(23)22-13-4-2-9(20)6-11(13)15(17,18)19/h1-6H,(H,22,23). The summed E-state index contributed by atoms with van der Waals surface area (Å²) in [5, 5.41) is 10.7. The van der Waals surface area contributed by atoms with Crippen molar-refractivity contribution >= 4 is 34.2 Å². The minimum absolute atomic E-state index is 0.00398. The van der Waals surface area contributed by atoms with Gasteiger partial charge in [-0.25, -0.2) is 4.39 Å². The van der Waals surface area contributed by atoms with E-state index in [1.807, 2.05) is 0 Å². The monoisotopic (exact) mass is 434 g/mol. The summed E-state index contributed by atoms with van der Waals surface area (Å²) in [6.07, 6.45) is -4.66. The van der Waals surface area contributed by atoms with Crippen molar-refractivity contribution in [3.8, 4) is 6.07 Å². The number of anilines is 1. The largest absolute Gasteiger partial charge is 0.418 e. The Bertz CT molecular complexity index is 812. The SMILES string of the molecule is N#Cc1ccc(C(=O)Nc2ccc(I)cc2C(F)(F)F)c(F)c1. The number of amides is 1. The highest BCUT2D eigenvalue weighted by Crippen LogP contribution is 2.36. The highest BCUT2D eigenvalue weighted by molar-refractivity contribution is 14.1. The Morgan fingerprint density at radius 3 is 2.43 bits per heavy atom. The van der Waals surface area contributed by atoms with Gasteiger partial charge in [-0.15, -0.1) is 0 Å². The van der Waals surface area contributed by atoms with E-state index in [2.05, 4.69) is 5.32 Å². The van der Waals surface area contributed by atoms with Crippen LogP contribution in [0, 0.1) is 20.7 Å². The lowest BCUT2D eigenvalue weighted by molar-refractivity contribution is -0.137. The molecular formula is C15H7F4IN2O. The number of halogens is 5. The predicted octanol–water partition coefficient (Wildman–Crippen LogP) is 4.57. The maximum Gasteiger partial charge on any atom is 0.418 e. The number of carbonyl (C=O) groups excluding carboxylic acids is 1. The van der Waals surface area contributed by atoms with Crippen LogP contribution in [0.1, 0.15) is 21.5 Å². The summed E-state index contributed by atoms with van der Waals surface area (Å²) in [4.78, 5) is 12.0.